The molecule has 0 aliphatic rings. The van der Waals surface area contributed by atoms with Crippen LogP contribution in [0.5, 0.6) is 0 Å². The van der Waals surface area contributed by atoms with E-state index < -0.39 is 29.6 Å². The van der Waals surface area contributed by atoms with Crippen molar-refractivity contribution in [3.8, 4) is 0 Å². The van der Waals surface area contributed by atoms with Gasteiger partial charge in [0.25, 0.3) is 0 Å². The number of hydrogen-bond acceptors (Lipinski definition) is 6. The second-order valence-electron chi connectivity index (χ2n) is 0.378. The van der Waals surface area contributed by atoms with Crippen molar-refractivity contribution in [1.82, 2.24) is 0 Å². The van der Waals surface area contributed by atoms with E-state index >= 15 is 0 Å². The van der Waals surface area contributed by atoms with E-state index in [1.807, 2.05) is 0 Å². The van der Waals surface area contributed by atoms with Crippen molar-refractivity contribution in [3.63, 3.8) is 0 Å². The maximum Gasteiger partial charge on any atom is 2.00 e. The van der Waals surface area contributed by atoms with Crippen molar-refractivity contribution in [2.75, 3.05) is 0 Å². The minimum atomic E-state index is -3.65. The molecule has 0 unspecified atom stereocenters. The van der Waals surface area contributed by atoms with E-state index in [0.717, 1.165) is 0 Å². The van der Waals surface area contributed by atoms with Gasteiger partial charge in [-0.15, -0.1) is 0 Å². The third kappa shape index (κ3) is 277. The number of hydrogen-bond donors (Lipinski definition) is 0. The molecule has 0 aliphatic heterocycles. The van der Waals surface area contributed by atoms with E-state index in [4.69, 9.17) is 25.2 Å². The first-order chi connectivity index (χ1) is 3.46. The monoisotopic (exact) mass is 480 g/mol. The number of halogens is 2. The van der Waals surface area contributed by atoms with Crippen LogP contribution in [0.4, 0.5) is 0 Å². The van der Waals surface area contributed by atoms with Gasteiger partial charge in [0.1, 0.15) is 0 Å². The SMILES string of the molecule is O.[O-][Br+2]([O-])[O-].[O-][Br+2]([O-])[O-].[Pb+2]. The minimum absolute atomic E-state index is 0. The summed E-state index contributed by atoms with van der Waals surface area (Å²) in [5, 5.41) is 0. The van der Waals surface area contributed by atoms with Gasteiger partial charge in [0.05, 0.1) is 0 Å². The molecule has 0 bridgehead atoms. The van der Waals surface area contributed by atoms with Gasteiger partial charge < -0.3 is 30.7 Å². The molecular weight excluding hydrogens is 479 g/mol. The van der Waals surface area contributed by atoms with Crippen molar-refractivity contribution in [2.45, 2.75) is 0 Å². The smallest absolute Gasteiger partial charge is 0.412 e. The average molecular weight is 481 g/mol. The fraction of sp³-hybridized carbons (Fsp3) is 0. The largest absolute Gasteiger partial charge is 2.00 e. The average Bonchev–Trinajstić information content (AvgIpc) is 1.25. The molecular formula is H2Br2O7Pb. The second-order valence-corrected chi connectivity index (χ2v) is 1.96. The summed E-state index contributed by atoms with van der Waals surface area (Å²) in [6.45, 7) is 0. The van der Waals surface area contributed by atoms with Gasteiger partial charge in [-0.05, 0) is 0 Å². The third-order valence-electron chi connectivity index (χ3n) is 0. The standard InChI is InChI=1S/2BrO3.H2O.Pb/c2*2-1(3)4;;/h;;1H2;/q2*-1;;+2. The van der Waals surface area contributed by atoms with Gasteiger partial charge in [-0.3, -0.25) is 0 Å². The number of rotatable bonds is 0. The predicted octanol–water partition coefficient (Wildman–Crippen LogP) is -8.34. The van der Waals surface area contributed by atoms with Gasteiger partial charge in [-0.25, -0.2) is 0 Å². The van der Waals surface area contributed by atoms with Crippen molar-refractivity contribution < 1.29 is 60.3 Å². The maximum atomic E-state index is 8.52. The first-order valence-corrected chi connectivity index (χ1v) is 4.81. The molecule has 0 rings (SSSR count). The van der Waals surface area contributed by atoms with E-state index in [0.29, 0.717) is 0 Å². The van der Waals surface area contributed by atoms with Crippen molar-refractivity contribution in [1.29, 1.82) is 0 Å². The minimum Gasteiger partial charge on any atom is -0.412 e. The zero-order chi connectivity index (χ0) is 7.15. The molecule has 0 saturated heterocycles. The van der Waals surface area contributed by atoms with Gasteiger partial charge >= 0.3 is 27.3 Å². The summed E-state index contributed by atoms with van der Waals surface area (Å²) in [6, 6.07) is 0. The van der Waals surface area contributed by atoms with Gasteiger partial charge in [0.2, 0.25) is 29.6 Å². The molecule has 10 heteroatoms. The van der Waals surface area contributed by atoms with Crippen LogP contribution >= 0.6 is 0 Å². The van der Waals surface area contributed by atoms with Crippen molar-refractivity contribution in [2.24, 2.45) is 0 Å². The molecule has 0 atom stereocenters. The maximum absolute atomic E-state index is 8.52. The molecule has 0 spiro atoms. The normalized spacial score (nSPS) is 7.20. The van der Waals surface area contributed by atoms with Crippen LogP contribution in [0.25, 0.3) is 0 Å². The molecule has 62 valence electrons. The summed E-state index contributed by atoms with van der Waals surface area (Å²) in [5.74, 6) is 0. The molecule has 0 saturated carbocycles. The van der Waals surface area contributed by atoms with E-state index in [1.54, 1.807) is 0 Å². The summed E-state index contributed by atoms with van der Waals surface area (Å²) >= 11 is -7.29. The first kappa shape index (κ1) is 22.6. The molecule has 0 aromatic heterocycles. The molecule has 7 nitrogen and oxygen atoms in total. The van der Waals surface area contributed by atoms with E-state index in [1.165, 1.54) is 0 Å². The van der Waals surface area contributed by atoms with Gasteiger partial charge in [-0.1, -0.05) is 0 Å². The second kappa shape index (κ2) is 16.9. The molecule has 0 amide bonds. The summed E-state index contributed by atoms with van der Waals surface area (Å²) in [7, 11) is 0. The Kier molecular flexibility index (Phi) is 38.2. The molecule has 0 aliphatic carbocycles. The van der Waals surface area contributed by atoms with Crippen LogP contribution < -0.4 is 25.2 Å². The Bertz CT molecular complexity index is 27.1. The fourth-order valence-corrected chi connectivity index (χ4v) is 0. The van der Waals surface area contributed by atoms with Crippen LogP contribution in [0, 0.1) is 29.6 Å². The Balaban J connectivity index is -0.0000000300. The van der Waals surface area contributed by atoms with Crippen LogP contribution in [-0.2, 0) is 0 Å². The van der Waals surface area contributed by atoms with Crippen molar-refractivity contribution in [3.05, 3.63) is 0 Å². The zero-order valence-electron chi connectivity index (χ0n) is 4.21. The van der Waals surface area contributed by atoms with Crippen LogP contribution in [0.1, 0.15) is 0 Å². The quantitative estimate of drug-likeness (QED) is 0.311. The van der Waals surface area contributed by atoms with Gasteiger partial charge in [0, 0.05) is 0 Å². The predicted molar refractivity (Wildman–Crippen MR) is 9.37 cm³/mol. The Labute approximate surface area is 87.0 Å². The van der Waals surface area contributed by atoms with Crippen LogP contribution in [0.3, 0.4) is 0 Å². The Morgan fingerprint density at radius 3 is 0.600 bits per heavy atom. The molecule has 0 heterocycles. The van der Waals surface area contributed by atoms with Gasteiger partial charge in [0.15, 0.2) is 0 Å². The molecule has 0 fully saturated rings. The van der Waals surface area contributed by atoms with Crippen molar-refractivity contribution >= 4 is 27.3 Å². The van der Waals surface area contributed by atoms with Crippen LogP contribution in [-0.4, -0.2) is 32.8 Å². The Morgan fingerprint density at radius 1 is 0.600 bits per heavy atom. The van der Waals surface area contributed by atoms with E-state index in [9.17, 15) is 0 Å². The molecule has 2 N–H and O–H groups in total. The molecule has 2 radical (unpaired) electrons. The zero-order valence-corrected chi connectivity index (χ0v) is 11.3. The molecule has 0 aromatic carbocycles. The summed E-state index contributed by atoms with van der Waals surface area (Å²) in [5.41, 5.74) is 0. The third-order valence-corrected chi connectivity index (χ3v) is 0. The van der Waals surface area contributed by atoms with E-state index in [2.05, 4.69) is 0 Å². The summed E-state index contributed by atoms with van der Waals surface area (Å²) in [4.78, 5) is 0. The Hall–Kier alpha value is 1.60. The van der Waals surface area contributed by atoms with Crippen LogP contribution in [0.2, 0.25) is 0 Å². The topological polar surface area (TPSA) is 170 Å². The molecule has 0 aromatic rings. The van der Waals surface area contributed by atoms with Crippen LogP contribution in [0.15, 0.2) is 0 Å². The Morgan fingerprint density at radius 2 is 0.600 bits per heavy atom. The summed E-state index contributed by atoms with van der Waals surface area (Å²) in [6.07, 6.45) is 0. The van der Waals surface area contributed by atoms with Gasteiger partial charge in [-0.2, -0.15) is 0 Å². The molecule has 10 heavy (non-hydrogen) atoms. The first-order valence-electron chi connectivity index (χ1n) is 0.926. The fourth-order valence-electron chi connectivity index (χ4n) is 0. The summed E-state index contributed by atoms with van der Waals surface area (Å²) < 4.78 is 51.1. The van der Waals surface area contributed by atoms with E-state index in [-0.39, 0.29) is 32.8 Å².